The molecule has 0 aromatic heterocycles. The van der Waals surface area contributed by atoms with E-state index < -0.39 is 0 Å². The molecule has 0 saturated carbocycles. The highest BCUT2D eigenvalue weighted by Crippen LogP contribution is 2.47. The zero-order valence-corrected chi connectivity index (χ0v) is 23.4. The standard InChI is InChI=1S/C29H38O9/c1-9-17(2)29(30)38-16-21-20(10-18-11-22(31-3)27(35-7)23(12-18)32-4)15-37-26(21)19-13-24(33-5)28(36-8)25(14-19)34-6/h9,11-14,20-21,26H,10,15-16H2,1-8H3. The summed E-state index contributed by atoms with van der Waals surface area (Å²) in [5.74, 6) is 2.77. The minimum atomic E-state index is -0.366. The van der Waals surface area contributed by atoms with Crippen LogP contribution in [0.4, 0.5) is 0 Å². The SMILES string of the molecule is CC=C(C)C(=O)OCC1C(Cc2cc(OC)c(OC)c(OC)c2)COC1c1cc(OC)c(OC)c(OC)c1. The summed E-state index contributed by atoms with van der Waals surface area (Å²) in [6.45, 7) is 4.18. The average Bonchev–Trinajstić information content (AvgIpc) is 3.35. The summed E-state index contributed by atoms with van der Waals surface area (Å²) in [4.78, 5) is 12.5. The van der Waals surface area contributed by atoms with Gasteiger partial charge in [0.15, 0.2) is 23.0 Å². The van der Waals surface area contributed by atoms with E-state index in [1.165, 1.54) is 0 Å². The maximum absolute atomic E-state index is 12.5. The number of esters is 1. The van der Waals surface area contributed by atoms with Crippen LogP contribution in [0.2, 0.25) is 0 Å². The molecule has 208 valence electrons. The molecule has 3 unspecified atom stereocenters. The van der Waals surface area contributed by atoms with E-state index in [9.17, 15) is 4.79 Å². The van der Waals surface area contributed by atoms with E-state index in [1.54, 1.807) is 62.6 Å². The Labute approximate surface area is 224 Å². The Hall–Kier alpha value is -3.59. The summed E-state index contributed by atoms with van der Waals surface area (Å²) >= 11 is 0. The van der Waals surface area contributed by atoms with E-state index in [1.807, 2.05) is 24.3 Å². The molecule has 0 amide bonds. The molecule has 0 spiro atoms. The molecule has 3 rings (SSSR count). The van der Waals surface area contributed by atoms with Gasteiger partial charge >= 0.3 is 5.97 Å². The molecule has 0 radical (unpaired) electrons. The van der Waals surface area contributed by atoms with E-state index in [2.05, 4.69) is 0 Å². The van der Waals surface area contributed by atoms with Gasteiger partial charge in [0.05, 0.1) is 62.0 Å². The Morgan fingerprint density at radius 3 is 1.79 bits per heavy atom. The fourth-order valence-electron chi connectivity index (χ4n) is 4.72. The monoisotopic (exact) mass is 530 g/mol. The fraction of sp³-hybridized carbons (Fsp3) is 0.483. The molecule has 0 bridgehead atoms. The highest BCUT2D eigenvalue weighted by atomic mass is 16.5. The number of ether oxygens (including phenoxy) is 8. The lowest BCUT2D eigenvalue weighted by atomic mass is 9.84. The van der Waals surface area contributed by atoms with Crippen molar-refractivity contribution in [2.45, 2.75) is 26.4 Å². The molecule has 9 nitrogen and oxygen atoms in total. The van der Waals surface area contributed by atoms with Gasteiger partial charge in [0.25, 0.3) is 0 Å². The highest BCUT2D eigenvalue weighted by Gasteiger charge is 2.40. The van der Waals surface area contributed by atoms with Crippen molar-refractivity contribution in [3.05, 3.63) is 47.0 Å². The van der Waals surface area contributed by atoms with Crippen LogP contribution in [0, 0.1) is 11.8 Å². The second-order valence-electron chi connectivity index (χ2n) is 8.94. The van der Waals surface area contributed by atoms with Gasteiger partial charge in [-0.05, 0) is 61.6 Å². The topological polar surface area (TPSA) is 90.9 Å². The van der Waals surface area contributed by atoms with Gasteiger partial charge in [-0.3, -0.25) is 0 Å². The molecule has 1 saturated heterocycles. The summed E-state index contributed by atoms with van der Waals surface area (Å²) in [5, 5.41) is 0. The molecule has 38 heavy (non-hydrogen) atoms. The van der Waals surface area contributed by atoms with Crippen LogP contribution in [0.3, 0.4) is 0 Å². The number of benzene rings is 2. The van der Waals surface area contributed by atoms with Crippen LogP contribution in [-0.2, 0) is 20.7 Å². The Kier molecular flexibility index (Phi) is 10.1. The molecular formula is C29H38O9. The molecule has 2 aromatic carbocycles. The van der Waals surface area contributed by atoms with Crippen molar-refractivity contribution in [1.82, 2.24) is 0 Å². The van der Waals surface area contributed by atoms with Gasteiger partial charge in [0.1, 0.15) is 0 Å². The Bertz CT molecular complexity index is 1090. The first-order valence-electron chi connectivity index (χ1n) is 12.4. The molecule has 1 aliphatic heterocycles. The van der Waals surface area contributed by atoms with Crippen molar-refractivity contribution >= 4 is 5.97 Å². The van der Waals surface area contributed by atoms with E-state index in [0.717, 1.165) is 11.1 Å². The van der Waals surface area contributed by atoms with Gasteiger partial charge in [0, 0.05) is 11.5 Å². The molecule has 1 aliphatic rings. The third-order valence-electron chi connectivity index (χ3n) is 6.88. The predicted molar refractivity (Wildman–Crippen MR) is 142 cm³/mol. The quantitative estimate of drug-likeness (QED) is 0.284. The summed E-state index contributed by atoms with van der Waals surface area (Å²) in [5.41, 5.74) is 2.38. The number of carbonyl (C=O) groups excluding carboxylic acids is 1. The molecule has 0 N–H and O–H groups in total. The summed E-state index contributed by atoms with van der Waals surface area (Å²) in [7, 11) is 9.46. The van der Waals surface area contributed by atoms with Crippen molar-refractivity contribution in [3.8, 4) is 34.5 Å². The lowest BCUT2D eigenvalue weighted by Crippen LogP contribution is -2.25. The van der Waals surface area contributed by atoms with Crippen molar-refractivity contribution in [3.63, 3.8) is 0 Å². The highest BCUT2D eigenvalue weighted by molar-refractivity contribution is 5.87. The predicted octanol–water partition coefficient (Wildman–Crippen LogP) is 4.79. The van der Waals surface area contributed by atoms with Crippen LogP contribution in [-0.4, -0.2) is 61.8 Å². The number of hydrogen-bond donors (Lipinski definition) is 0. The molecule has 3 atom stereocenters. The lowest BCUT2D eigenvalue weighted by Gasteiger charge is -2.25. The van der Waals surface area contributed by atoms with Crippen molar-refractivity contribution in [2.24, 2.45) is 11.8 Å². The van der Waals surface area contributed by atoms with Crippen LogP contribution in [0.25, 0.3) is 0 Å². The fourth-order valence-corrected chi connectivity index (χ4v) is 4.72. The normalized spacial score (nSPS) is 19.1. The van der Waals surface area contributed by atoms with E-state index in [0.29, 0.717) is 53.1 Å². The Balaban J connectivity index is 1.98. The molecule has 0 aliphatic carbocycles. The third kappa shape index (κ3) is 6.10. The van der Waals surface area contributed by atoms with Crippen molar-refractivity contribution in [1.29, 1.82) is 0 Å². The van der Waals surface area contributed by atoms with Crippen LogP contribution in [0.1, 0.15) is 31.1 Å². The molecule has 2 aromatic rings. The third-order valence-corrected chi connectivity index (χ3v) is 6.88. The number of allylic oxidation sites excluding steroid dienone is 1. The van der Waals surface area contributed by atoms with Gasteiger partial charge < -0.3 is 37.9 Å². The van der Waals surface area contributed by atoms with Crippen LogP contribution in [0.15, 0.2) is 35.9 Å². The average molecular weight is 531 g/mol. The Morgan fingerprint density at radius 2 is 1.34 bits per heavy atom. The van der Waals surface area contributed by atoms with Crippen molar-refractivity contribution < 1.29 is 42.7 Å². The van der Waals surface area contributed by atoms with Gasteiger partial charge in [0.2, 0.25) is 11.5 Å². The summed E-state index contributed by atoms with van der Waals surface area (Å²) in [6, 6.07) is 7.61. The first-order valence-corrected chi connectivity index (χ1v) is 12.4. The number of rotatable bonds is 12. The first-order chi connectivity index (χ1) is 18.3. The molecular weight excluding hydrogens is 492 g/mol. The number of carbonyl (C=O) groups is 1. The Morgan fingerprint density at radius 1 is 0.842 bits per heavy atom. The smallest absolute Gasteiger partial charge is 0.333 e. The van der Waals surface area contributed by atoms with Crippen LogP contribution >= 0.6 is 0 Å². The van der Waals surface area contributed by atoms with Gasteiger partial charge in [-0.1, -0.05) is 6.08 Å². The maximum Gasteiger partial charge on any atom is 0.333 e. The zero-order chi connectivity index (χ0) is 27.8. The van der Waals surface area contributed by atoms with E-state index in [4.69, 9.17) is 37.9 Å². The number of hydrogen-bond acceptors (Lipinski definition) is 9. The number of methoxy groups -OCH3 is 6. The summed E-state index contributed by atoms with van der Waals surface area (Å²) in [6.07, 6.45) is 2.01. The van der Waals surface area contributed by atoms with Gasteiger partial charge in [-0.15, -0.1) is 0 Å². The van der Waals surface area contributed by atoms with Crippen molar-refractivity contribution in [2.75, 3.05) is 55.9 Å². The van der Waals surface area contributed by atoms with E-state index >= 15 is 0 Å². The van der Waals surface area contributed by atoms with Crippen LogP contribution < -0.4 is 28.4 Å². The summed E-state index contributed by atoms with van der Waals surface area (Å²) < 4.78 is 45.2. The lowest BCUT2D eigenvalue weighted by molar-refractivity contribution is -0.141. The zero-order valence-electron chi connectivity index (χ0n) is 23.4. The second-order valence-corrected chi connectivity index (χ2v) is 8.94. The second kappa shape index (κ2) is 13.3. The van der Waals surface area contributed by atoms with Gasteiger partial charge in [-0.2, -0.15) is 0 Å². The molecule has 9 heteroatoms. The first kappa shape index (κ1) is 29.0. The van der Waals surface area contributed by atoms with Crippen LogP contribution in [0.5, 0.6) is 34.5 Å². The minimum absolute atomic E-state index is 0.0283. The van der Waals surface area contributed by atoms with Gasteiger partial charge in [-0.25, -0.2) is 4.79 Å². The largest absolute Gasteiger partial charge is 0.493 e. The molecule has 1 heterocycles. The minimum Gasteiger partial charge on any atom is -0.493 e. The maximum atomic E-state index is 12.5. The molecule has 1 fully saturated rings. The van der Waals surface area contributed by atoms with E-state index in [-0.39, 0.29) is 30.5 Å².